The van der Waals surface area contributed by atoms with Crippen molar-refractivity contribution in [1.82, 2.24) is 0 Å². The second-order valence-corrected chi connectivity index (χ2v) is 6.15. The van der Waals surface area contributed by atoms with Crippen LogP contribution in [0, 0.1) is 0 Å². The van der Waals surface area contributed by atoms with Crippen LogP contribution in [0.25, 0.3) is 0 Å². The number of carbonyl (C=O) groups is 1. The Bertz CT molecular complexity index is 516. The molecule has 4 nitrogen and oxygen atoms in total. The molecule has 1 heterocycles. The smallest absolute Gasteiger partial charge is 0.227 e. The van der Waals surface area contributed by atoms with Crippen LogP contribution in [0.5, 0.6) is 0 Å². The first kappa shape index (κ1) is 15.4. The van der Waals surface area contributed by atoms with Gasteiger partial charge in [0.25, 0.3) is 0 Å². The van der Waals surface area contributed by atoms with Gasteiger partial charge in [-0.25, -0.2) is 0 Å². The molecule has 0 radical (unpaired) electrons. The number of carbonyl (C=O) groups excluding carboxylic acids is 1. The molecule has 1 aliphatic rings. The maximum absolute atomic E-state index is 12.1. The van der Waals surface area contributed by atoms with E-state index >= 15 is 0 Å². The molecule has 1 aromatic carbocycles. The molecule has 1 fully saturated rings. The normalized spacial score (nSPS) is 18.6. The molecule has 0 aliphatic carbocycles. The zero-order chi connectivity index (χ0) is 14.5. The van der Waals surface area contributed by atoms with E-state index in [1.165, 1.54) is 0 Å². The van der Waals surface area contributed by atoms with E-state index in [0.717, 1.165) is 30.3 Å². The molecule has 1 atom stereocenters. The molecule has 0 saturated carbocycles. The Kier molecular flexibility index (Phi) is 5.51. The maximum Gasteiger partial charge on any atom is 0.227 e. The zero-order valence-electron chi connectivity index (χ0n) is 11.0. The second kappa shape index (κ2) is 7.15. The summed E-state index contributed by atoms with van der Waals surface area (Å²) < 4.78 is 6.43. The summed E-state index contributed by atoms with van der Waals surface area (Å²) >= 11 is 8.37. The number of amides is 1. The predicted octanol–water partition coefficient (Wildman–Crippen LogP) is 2.98. The summed E-state index contributed by atoms with van der Waals surface area (Å²) in [5.74, 6) is -0.0764. The molecule has 20 heavy (non-hydrogen) atoms. The van der Waals surface area contributed by atoms with Crippen molar-refractivity contribution in [2.24, 2.45) is 5.73 Å². The van der Waals surface area contributed by atoms with Crippen LogP contribution in [0.4, 0.5) is 5.69 Å². The molecule has 1 aliphatic heterocycles. The van der Waals surface area contributed by atoms with Crippen molar-refractivity contribution in [3.63, 3.8) is 0 Å². The van der Waals surface area contributed by atoms with E-state index in [1.807, 2.05) is 6.07 Å². The van der Waals surface area contributed by atoms with Gasteiger partial charge in [-0.2, -0.15) is 0 Å². The number of thiocarbonyl (C=S) groups is 1. The predicted molar refractivity (Wildman–Crippen MR) is 86.9 cm³/mol. The standard InChI is InChI=1S/C14H17BrN2O2S/c15-9-4-5-11(14(16)20)12(7-9)17-13(18)8-10-3-1-2-6-19-10/h4-5,7,10H,1-3,6,8H2,(H2,16,20)(H,17,18). The molecule has 1 aromatic rings. The summed E-state index contributed by atoms with van der Waals surface area (Å²) in [6, 6.07) is 5.43. The fourth-order valence-corrected chi connectivity index (χ4v) is 2.75. The molecule has 2 rings (SSSR count). The summed E-state index contributed by atoms with van der Waals surface area (Å²) in [5.41, 5.74) is 6.96. The molecule has 1 amide bonds. The second-order valence-electron chi connectivity index (χ2n) is 4.80. The lowest BCUT2D eigenvalue weighted by Gasteiger charge is -2.22. The van der Waals surface area contributed by atoms with E-state index in [1.54, 1.807) is 12.1 Å². The van der Waals surface area contributed by atoms with Crippen LogP contribution in [-0.2, 0) is 9.53 Å². The van der Waals surface area contributed by atoms with Crippen LogP contribution < -0.4 is 11.1 Å². The van der Waals surface area contributed by atoms with Crippen molar-refractivity contribution in [3.8, 4) is 0 Å². The van der Waals surface area contributed by atoms with Crippen molar-refractivity contribution in [2.75, 3.05) is 11.9 Å². The average molecular weight is 357 g/mol. The third-order valence-corrected chi connectivity index (χ3v) is 3.92. The summed E-state index contributed by atoms with van der Waals surface area (Å²) in [6.45, 7) is 0.743. The summed E-state index contributed by atoms with van der Waals surface area (Å²) in [6.07, 6.45) is 3.52. The van der Waals surface area contributed by atoms with Crippen LogP contribution in [0.1, 0.15) is 31.2 Å². The Balaban J connectivity index is 2.03. The van der Waals surface area contributed by atoms with E-state index < -0.39 is 0 Å². The number of halogens is 1. The van der Waals surface area contributed by atoms with Gasteiger partial charge in [-0.3, -0.25) is 4.79 Å². The highest BCUT2D eigenvalue weighted by Crippen LogP contribution is 2.23. The van der Waals surface area contributed by atoms with Crippen molar-refractivity contribution in [1.29, 1.82) is 0 Å². The van der Waals surface area contributed by atoms with E-state index in [9.17, 15) is 4.79 Å². The lowest BCUT2D eigenvalue weighted by molar-refractivity contribution is -0.119. The molecule has 108 valence electrons. The molecule has 0 bridgehead atoms. The lowest BCUT2D eigenvalue weighted by atomic mass is 10.1. The summed E-state index contributed by atoms with van der Waals surface area (Å²) in [4.78, 5) is 12.3. The van der Waals surface area contributed by atoms with Gasteiger partial charge < -0.3 is 15.8 Å². The van der Waals surface area contributed by atoms with Gasteiger partial charge in [0.15, 0.2) is 0 Å². The summed E-state index contributed by atoms with van der Waals surface area (Å²) in [5, 5.41) is 2.86. The van der Waals surface area contributed by atoms with Gasteiger partial charge >= 0.3 is 0 Å². The third-order valence-electron chi connectivity index (χ3n) is 3.21. The largest absolute Gasteiger partial charge is 0.389 e. The number of hydrogen-bond donors (Lipinski definition) is 2. The number of anilines is 1. The Hall–Kier alpha value is -0.980. The van der Waals surface area contributed by atoms with E-state index in [2.05, 4.69) is 21.2 Å². The first-order valence-corrected chi connectivity index (χ1v) is 7.77. The van der Waals surface area contributed by atoms with Crippen molar-refractivity contribution >= 4 is 44.7 Å². The van der Waals surface area contributed by atoms with Gasteiger partial charge in [0.1, 0.15) is 4.99 Å². The molecule has 0 spiro atoms. The van der Waals surface area contributed by atoms with Crippen LogP contribution in [0.3, 0.4) is 0 Å². The maximum atomic E-state index is 12.1. The highest BCUT2D eigenvalue weighted by Gasteiger charge is 2.18. The monoisotopic (exact) mass is 356 g/mol. The van der Waals surface area contributed by atoms with Crippen LogP contribution in [-0.4, -0.2) is 23.6 Å². The molecular weight excluding hydrogens is 340 g/mol. The average Bonchev–Trinajstić information content (AvgIpc) is 2.39. The number of nitrogens with two attached hydrogens (primary N) is 1. The van der Waals surface area contributed by atoms with Crippen LogP contribution >= 0.6 is 28.1 Å². The van der Waals surface area contributed by atoms with E-state index in [0.29, 0.717) is 17.7 Å². The Morgan fingerprint density at radius 2 is 2.30 bits per heavy atom. The number of nitrogens with one attached hydrogen (secondary N) is 1. The minimum Gasteiger partial charge on any atom is -0.389 e. The summed E-state index contributed by atoms with van der Waals surface area (Å²) in [7, 11) is 0. The van der Waals surface area contributed by atoms with E-state index in [-0.39, 0.29) is 17.0 Å². The molecule has 0 aromatic heterocycles. The van der Waals surface area contributed by atoms with Gasteiger partial charge in [-0.1, -0.05) is 28.1 Å². The van der Waals surface area contributed by atoms with Gasteiger partial charge in [0, 0.05) is 16.6 Å². The fourth-order valence-electron chi connectivity index (χ4n) is 2.21. The van der Waals surface area contributed by atoms with Gasteiger partial charge in [0.2, 0.25) is 5.91 Å². The van der Waals surface area contributed by atoms with Crippen molar-refractivity contribution < 1.29 is 9.53 Å². The topological polar surface area (TPSA) is 64.3 Å². The van der Waals surface area contributed by atoms with Crippen LogP contribution in [0.15, 0.2) is 22.7 Å². The molecule has 6 heteroatoms. The lowest BCUT2D eigenvalue weighted by Crippen LogP contribution is -2.26. The minimum absolute atomic E-state index is 0.0178. The van der Waals surface area contributed by atoms with Gasteiger partial charge in [-0.15, -0.1) is 0 Å². The zero-order valence-corrected chi connectivity index (χ0v) is 13.4. The highest BCUT2D eigenvalue weighted by molar-refractivity contribution is 9.10. The first-order chi connectivity index (χ1) is 9.56. The Labute approximate surface area is 132 Å². The minimum atomic E-state index is -0.0764. The molecule has 1 unspecified atom stereocenters. The SMILES string of the molecule is NC(=S)c1ccc(Br)cc1NC(=O)CC1CCCCO1. The van der Waals surface area contributed by atoms with Crippen LogP contribution in [0.2, 0.25) is 0 Å². The molecule has 3 N–H and O–H groups in total. The van der Waals surface area contributed by atoms with Crippen molar-refractivity contribution in [3.05, 3.63) is 28.2 Å². The number of hydrogen-bond acceptors (Lipinski definition) is 3. The third kappa shape index (κ3) is 4.26. The Morgan fingerprint density at radius 1 is 1.50 bits per heavy atom. The van der Waals surface area contributed by atoms with Gasteiger partial charge in [-0.05, 0) is 37.5 Å². The number of rotatable bonds is 4. The molecular formula is C14H17BrN2O2S. The fraction of sp³-hybridized carbons (Fsp3) is 0.429. The first-order valence-electron chi connectivity index (χ1n) is 6.57. The van der Waals surface area contributed by atoms with Crippen molar-refractivity contribution in [2.45, 2.75) is 31.8 Å². The van der Waals surface area contributed by atoms with Gasteiger partial charge in [0.05, 0.1) is 18.2 Å². The molecule has 1 saturated heterocycles. The Morgan fingerprint density at radius 3 is 2.95 bits per heavy atom. The number of ether oxygens (including phenoxy) is 1. The number of benzene rings is 1. The van der Waals surface area contributed by atoms with E-state index in [4.69, 9.17) is 22.7 Å². The highest BCUT2D eigenvalue weighted by atomic mass is 79.9. The quantitative estimate of drug-likeness (QED) is 0.814.